The fourth-order valence-corrected chi connectivity index (χ4v) is 1.34. The summed E-state index contributed by atoms with van der Waals surface area (Å²) in [5.74, 6) is 0. The fourth-order valence-electron chi connectivity index (χ4n) is 1.34. The molecule has 0 spiro atoms. The first-order valence-corrected chi connectivity index (χ1v) is 4.68. The number of hydrogen-bond donors (Lipinski definition) is 1. The summed E-state index contributed by atoms with van der Waals surface area (Å²) in [5.41, 5.74) is 3.54. The van der Waals surface area contributed by atoms with E-state index in [1.165, 1.54) is 0 Å². The summed E-state index contributed by atoms with van der Waals surface area (Å²) < 4.78 is 36.0. The van der Waals surface area contributed by atoms with Crippen molar-refractivity contribution in [2.45, 2.75) is 26.9 Å². The molecule has 1 N–H and O–H groups in total. The number of rotatable bonds is 2. The number of alkyl halides is 3. The Morgan fingerprint density at radius 3 is 2.20 bits per heavy atom. The number of aryl methyl sites for hydroxylation is 1. The minimum Gasteiger partial charge on any atom is -0.376 e. The van der Waals surface area contributed by atoms with Crippen molar-refractivity contribution < 1.29 is 13.2 Å². The van der Waals surface area contributed by atoms with E-state index in [1.807, 2.05) is 26.8 Å². The molecule has 0 aliphatic heterocycles. The lowest BCUT2D eigenvalue weighted by Crippen LogP contribution is -2.21. The van der Waals surface area contributed by atoms with Crippen molar-refractivity contribution in [3.8, 4) is 0 Å². The molecule has 0 fully saturated rings. The van der Waals surface area contributed by atoms with Crippen LogP contribution in [0.25, 0.3) is 0 Å². The van der Waals surface area contributed by atoms with Gasteiger partial charge in [0.2, 0.25) is 0 Å². The van der Waals surface area contributed by atoms with E-state index >= 15 is 0 Å². The predicted molar refractivity (Wildman–Crippen MR) is 55.2 cm³/mol. The lowest BCUT2D eigenvalue weighted by molar-refractivity contribution is -0.115. The van der Waals surface area contributed by atoms with Crippen LogP contribution in [0.2, 0.25) is 0 Å². The van der Waals surface area contributed by atoms with Crippen molar-refractivity contribution in [2.24, 2.45) is 0 Å². The second kappa shape index (κ2) is 4.13. The van der Waals surface area contributed by atoms with Gasteiger partial charge in [-0.15, -0.1) is 0 Å². The van der Waals surface area contributed by atoms with E-state index in [2.05, 4.69) is 5.32 Å². The molecule has 0 aromatic heterocycles. The van der Waals surface area contributed by atoms with Gasteiger partial charge in [0.25, 0.3) is 0 Å². The molecule has 4 heteroatoms. The zero-order valence-electron chi connectivity index (χ0n) is 9.00. The van der Waals surface area contributed by atoms with Gasteiger partial charge in [-0.25, -0.2) is 0 Å². The predicted octanol–water partition coefficient (Wildman–Crippen LogP) is 3.59. The van der Waals surface area contributed by atoms with E-state index in [0.717, 1.165) is 16.7 Å². The molecule has 84 valence electrons. The Kier molecular flexibility index (Phi) is 3.27. The summed E-state index contributed by atoms with van der Waals surface area (Å²) in [5, 5.41) is 2.40. The summed E-state index contributed by atoms with van der Waals surface area (Å²) in [6.07, 6.45) is -4.18. The standard InChI is InChI=1S/C11H14F3N/c1-7-4-5-10(9(3)8(7)2)15-6-11(12,13)14/h4-5,15H,6H2,1-3H3. The van der Waals surface area contributed by atoms with E-state index in [9.17, 15) is 13.2 Å². The molecule has 0 bridgehead atoms. The highest BCUT2D eigenvalue weighted by Gasteiger charge is 2.26. The molecule has 0 radical (unpaired) electrons. The van der Waals surface area contributed by atoms with Crippen molar-refractivity contribution in [1.29, 1.82) is 0 Å². The van der Waals surface area contributed by atoms with Gasteiger partial charge in [0, 0.05) is 5.69 Å². The number of nitrogens with one attached hydrogen (secondary N) is 1. The van der Waals surface area contributed by atoms with E-state index in [1.54, 1.807) is 6.07 Å². The molecular formula is C11H14F3N. The van der Waals surface area contributed by atoms with Crippen LogP contribution >= 0.6 is 0 Å². The molecule has 1 aromatic rings. The summed E-state index contributed by atoms with van der Waals surface area (Å²) in [4.78, 5) is 0. The van der Waals surface area contributed by atoms with Gasteiger partial charge < -0.3 is 5.32 Å². The highest BCUT2D eigenvalue weighted by Crippen LogP contribution is 2.23. The number of anilines is 1. The second-order valence-electron chi connectivity index (χ2n) is 3.65. The second-order valence-corrected chi connectivity index (χ2v) is 3.65. The molecule has 0 heterocycles. The van der Waals surface area contributed by atoms with Gasteiger partial charge in [0.05, 0.1) is 0 Å². The third-order valence-corrected chi connectivity index (χ3v) is 2.54. The lowest BCUT2D eigenvalue weighted by Gasteiger charge is -2.14. The average molecular weight is 217 g/mol. The summed E-state index contributed by atoms with van der Waals surface area (Å²) in [6, 6.07) is 3.50. The molecule has 0 amide bonds. The molecular weight excluding hydrogens is 203 g/mol. The van der Waals surface area contributed by atoms with Gasteiger partial charge in [0.15, 0.2) is 0 Å². The highest BCUT2D eigenvalue weighted by molar-refractivity contribution is 5.56. The van der Waals surface area contributed by atoms with E-state index in [0.29, 0.717) is 5.69 Å². The summed E-state index contributed by atoms with van der Waals surface area (Å²) in [6.45, 7) is 4.68. The van der Waals surface area contributed by atoms with Gasteiger partial charge in [0.1, 0.15) is 6.54 Å². The molecule has 0 saturated carbocycles. The Labute approximate surface area is 87.3 Å². The summed E-state index contributed by atoms with van der Waals surface area (Å²) >= 11 is 0. The Bertz CT molecular complexity index is 356. The third kappa shape index (κ3) is 3.15. The molecule has 1 aromatic carbocycles. The van der Waals surface area contributed by atoms with Crippen LogP contribution in [0.5, 0.6) is 0 Å². The summed E-state index contributed by atoms with van der Waals surface area (Å²) in [7, 11) is 0. The Morgan fingerprint density at radius 1 is 1.07 bits per heavy atom. The normalized spacial score (nSPS) is 11.6. The minimum atomic E-state index is -4.18. The van der Waals surface area contributed by atoms with Crippen LogP contribution in [-0.2, 0) is 0 Å². The SMILES string of the molecule is Cc1ccc(NCC(F)(F)F)c(C)c1C. The zero-order chi connectivity index (χ0) is 11.6. The zero-order valence-corrected chi connectivity index (χ0v) is 9.00. The number of benzene rings is 1. The largest absolute Gasteiger partial charge is 0.405 e. The maximum atomic E-state index is 12.0. The van der Waals surface area contributed by atoms with Crippen LogP contribution in [0, 0.1) is 20.8 Å². The first-order valence-electron chi connectivity index (χ1n) is 4.68. The topological polar surface area (TPSA) is 12.0 Å². The smallest absolute Gasteiger partial charge is 0.376 e. The van der Waals surface area contributed by atoms with Crippen molar-refractivity contribution >= 4 is 5.69 Å². The van der Waals surface area contributed by atoms with Crippen molar-refractivity contribution in [1.82, 2.24) is 0 Å². The molecule has 0 aliphatic rings. The molecule has 1 rings (SSSR count). The fraction of sp³-hybridized carbons (Fsp3) is 0.455. The van der Waals surface area contributed by atoms with E-state index in [4.69, 9.17) is 0 Å². The van der Waals surface area contributed by atoms with Crippen LogP contribution in [0.4, 0.5) is 18.9 Å². The van der Waals surface area contributed by atoms with Gasteiger partial charge in [-0.3, -0.25) is 0 Å². The van der Waals surface area contributed by atoms with Crippen LogP contribution in [0.15, 0.2) is 12.1 Å². The Hall–Kier alpha value is -1.19. The average Bonchev–Trinajstić information content (AvgIpc) is 2.12. The lowest BCUT2D eigenvalue weighted by atomic mass is 10.0. The first kappa shape index (κ1) is 11.9. The van der Waals surface area contributed by atoms with E-state index < -0.39 is 12.7 Å². The van der Waals surface area contributed by atoms with Crippen molar-refractivity contribution in [3.63, 3.8) is 0 Å². The van der Waals surface area contributed by atoms with Gasteiger partial charge >= 0.3 is 6.18 Å². The van der Waals surface area contributed by atoms with Gasteiger partial charge in [-0.05, 0) is 43.5 Å². The number of hydrogen-bond acceptors (Lipinski definition) is 1. The number of halogens is 3. The first-order chi connectivity index (χ1) is 6.81. The van der Waals surface area contributed by atoms with Crippen LogP contribution in [-0.4, -0.2) is 12.7 Å². The molecule has 0 aliphatic carbocycles. The molecule has 0 saturated heterocycles. The maximum Gasteiger partial charge on any atom is 0.405 e. The maximum absolute atomic E-state index is 12.0. The van der Waals surface area contributed by atoms with Crippen molar-refractivity contribution in [3.05, 3.63) is 28.8 Å². The van der Waals surface area contributed by atoms with Crippen LogP contribution in [0.3, 0.4) is 0 Å². The Morgan fingerprint density at radius 2 is 1.67 bits per heavy atom. The van der Waals surface area contributed by atoms with Crippen LogP contribution in [0.1, 0.15) is 16.7 Å². The molecule has 0 atom stereocenters. The van der Waals surface area contributed by atoms with Gasteiger partial charge in [-0.2, -0.15) is 13.2 Å². The third-order valence-electron chi connectivity index (χ3n) is 2.54. The minimum absolute atomic E-state index is 0.551. The molecule has 15 heavy (non-hydrogen) atoms. The quantitative estimate of drug-likeness (QED) is 0.798. The monoisotopic (exact) mass is 217 g/mol. The van der Waals surface area contributed by atoms with Crippen LogP contribution < -0.4 is 5.32 Å². The highest BCUT2D eigenvalue weighted by atomic mass is 19.4. The molecule has 1 nitrogen and oxygen atoms in total. The Balaban J connectivity index is 2.83. The molecule has 0 unspecified atom stereocenters. The van der Waals surface area contributed by atoms with Gasteiger partial charge in [-0.1, -0.05) is 6.07 Å². The van der Waals surface area contributed by atoms with Crippen molar-refractivity contribution in [2.75, 3.05) is 11.9 Å². The van der Waals surface area contributed by atoms with E-state index in [-0.39, 0.29) is 0 Å².